The lowest BCUT2D eigenvalue weighted by Crippen LogP contribution is -2.25. The molecule has 28 heavy (non-hydrogen) atoms. The third-order valence-corrected chi connectivity index (χ3v) is 4.68. The molecule has 150 valence electrons. The van der Waals surface area contributed by atoms with Gasteiger partial charge in [-0.1, -0.05) is 30.3 Å². The number of thioether (sulfide) groups is 1. The topological polar surface area (TPSA) is 58.6 Å². The summed E-state index contributed by atoms with van der Waals surface area (Å²) in [5.74, 6) is -0.755. The Morgan fingerprint density at radius 3 is 2.39 bits per heavy atom. The van der Waals surface area contributed by atoms with Crippen molar-refractivity contribution in [2.75, 3.05) is 19.8 Å². The molecule has 0 aliphatic heterocycles. The van der Waals surface area contributed by atoms with Gasteiger partial charge in [0.2, 0.25) is 5.91 Å². The molecule has 2 rings (SSSR count). The molecule has 0 aliphatic rings. The molecule has 2 aromatic carbocycles. The van der Waals surface area contributed by atoms with Gasteiger partial charge in [0.25, 0.3) is 5.91 Å². The summed E-state index contributed by atoms with van der Waals surface area (Å²) in [6, 6.07) is 12.3. The second kappa shape index (κ2) is 9.50. The number of halogens is 3. The maximum absolute atomic E-state index is 12.5. The molecule has 5 nitrogen and oxygen atoms in total. The molecule has 0 radical (unpaired) electrons. The van der Waals surface area contributed by atoms with E-state index in [9.17, 15) is 22.8 Å². The van der Waals surface area contributed by atoms with E-state index in [-0.39, 0.29) is 29.5 Å². The van der Waals surface area contributed by atoms with Crippen LogP contribution in [-0.4, -0.2) is 42.9 Å². The van der Waals surface area contributed by atoms with Crippen molar-refractivity contribution in [1.29, 1.82) is 0 Å². The second-order valence-corrected chi connectivity index (χ2v) is 6.93. The van der Waals surface area contributed by atoms with Gasteiger partial charge in [0.05, 0.1) is 11.3 Å². The van der Waals surface area contributed by atoms with Gasteiger partial charge in [-0.05, 0) is 18.2 Å². The molecule has 1 N–H and O–H groups in total. The zero-order valence-corrected chi connectivity index (χ0v) is 16.1. The molecule has 0 spiro atoms. The first-order chi connectivity index (χ1) is 13.2. The van der Waals surface area contributed by atoms with Crippen LogP contribution in [0.5, 0.6) is 5.75 Å². The van der Waals surface area contributed by atoms with E-state index in [1.807, 2.05) is 0 Å². The van der Waals surface area contributed by atoms with Crippen molar-refractivity contribution in [3.05, 3.63) is 59.7 Å². The highest BCUT2D eigenvalue weighted by atomic mass is 32.2. The number of hydrogen-bond donors (Lipinski definition) is 1. The summed E-state index contributed by atoms with van der Waals surface area (Å²) in [5.41, 5.74) is 0.536. The molecule has 0 saturated carbocycles. The van der Waals surface area contributed by atoms with Crippen LogP contribution in [0.15, 0.2) is 53.4 Å². The lowest BCUT2D eigenvalue weighted by Gasteiger charge is -2.14. The predicted molar refractivity (Wildman–Crippen MR) is 100 cm³/mol. The molecular weight excluding hydrogens is 393 g/mol. The Morgan fingerprint density at radius 1 is 1.07 bits per heavy atom. The van der Waals surface area contributed by atoms with Gasteiger partial charge in [-0.3, -0.25) is 9.59 Å². The van der Waals surface area contributed by atoms with E-state index >= 15 is 0 Å². The Kier molecular flexibility index (Phi) is 7.33. The minimum atomic E-state index is -4.82. The Morgan fingerprint density at radius 2 is 1.71 bits per heavy atom. The molecule has 0 aliphatic carbocycles. The van der Waals surface area contributed by atoms with Crippen molar-refractivity contribution >= 4 is 23.6 Å². The molecule has 2 amide bonds. The van der Waals surface area contributed by atoms with Crippen LogP contribution in [0.3, 0.4) is 0 Å². The molecule has 0 atom stereocenters. The number of ether oxygens (including phenoxy) is 1. The summed E-state index contributed by atoms with van der Waals surface area (Å²) in [5, 5.41) is 2.60. The molecular formula is C19H19F3N2O3S. The molecule has 0 unspecified atom stereocenters. The van der Waals surface area contributed by atoms with Crippen molar-refractivity contribution in [3.63, 3.8) is 0 Å². The van der Waals surface area contributed by atoms with Gasteiger partial charge < -0.3 is 15.0 Å². The average Bonchev–Trinajstić information content (AvgIpc) is 2.64. The zero-order chi connectivity index (χ0) is 20.7. The van der Waals surface area contributed by atoms with Crippen molar-refractivity contribution in [3.8, 4) is 5.75 Å². The van der Waals surface area contributed by atoms with Crippen LogP contribution in [-0.2, 0) is 11.3 Å². The summed E-state index contributed by atoms with van der Waals surface area (Å²) in [4.78, 5) is 26.3. The highest BCUT2D eigenvalue weighted by Crippen LogP contribution is 2.27. The fourth-order valence-corrected chi connectivity index (χ4v) is 3.22. The Bertz CT molecular complexity index is 841. The number of carbonyl (C=O) groups excluding carboxylic acids is 2. The minimum absolute atomic E-state index is 0.0987. The number of nitrogens with one attached hydrogen (secondary N) is 1. The number of para-hydroxylation sites is 1. The van der Waals surface area contributed by atoms with E-state index < -0.39 is 12.3 Å². The largest absolute Gasteiger partial charge is 0.573 e. The van der Waals surface area contributed by atoms with Gasteiger partial charge in [-0.25, -0.2) is 0 Å². The van der Waals surface area contributed by atoms with Crippen molar-refractivity contribution in [2.24, 2.45) is 0 Å². The lowest BCUT2D eigenvalue weighted by molar-refractivity contribution is -0.274. The van der Waals surface area contributed by atoms with Gasteiger partial charge in [-0.2, -0.15) is 0 Å². The maximum atomic E-state index is 12.5. The fraction of sp³-hybridized carbons (Fsp3) is 0.263. The highest BCUT2D eigenvalue weighted by molar-refractivity contribution is 8.00. The van der Waals surface area contributed by atoms with Gasteiger partial charge in [0.1, 0.15) is 5.75 Å². The van der Waals surface area contributed by atoms with E-state index in [1.165, 1.54) is 34.9 Å². The minimum Gasteiger partial charge on any atom is -0.405 e. The van der Waals surface area contributed by atoms with Crippen LogP contribution in [0.1, 0.15) is 15.9 Å². The van der Waals surface area contributed by atoms with Crippen LogP contribution in [0.4, 0.5) is 13.2 Å². The summed E-state index contributed by atoms with van der Waals surface area (Å²) in [7, 11) is 3.28. The van der Waals surface area contributed by atoms with Crippen LogP contribution in [0, 0.1) is 0 Å². The third kappa shape index (κ3) is 6.49. The smallest absolute Gasteiger partial charge is 0.405 e. The van der Waals surface area contributed by atoms with Crippen LogP contribution in [0.25, 0.3) is 0 Å². The molecule has 9 heteroatoms. The fourth-order valence-electron chi connectivity index (χ4n) is 2.19. The number of alkyl halides is 3. The Balaban J connectivity index is 2.08. The quantitative estimate of drug-likeness (QED) is 0.705. The maximum Gasteiger partial charge on any atom is 0.573 e. The predicted octanol–water partition coefficient (Wildman–Crippen LogP) is 3.70. The molecule has 2 aromatic rings. The first kappa shape index (κ1) is 21.6. The third-order valence-electron chi connectivity index (χ3n) is 3.62. The Hall–Kier alpha value is -2.68. The first-order valence-corrected chi connectivity index (χ1v) is 9.20. The number of nitrogens with zero attached hydrogens (tertiary/aromatic N) is 1. The standard InChI is InChI=1S/C19H19F3N2O3S/c1-24(2)17(25)12-28-16-10-6-4-8-14(16)18(26)23-11-13-7-3-5-9-15(13)27-19(20,21)22/h3-10H,11-12H2,1-2H3,(H,23,26). The first-order valence-electron chi connectivity index (χ1n) is 8.21. The van der Waals surface area contributed by atoms with Crippen LogP contribution >= 0.6 is 11.8 Å². The number of rotatable bonds is 7. The van der Waals surface area contributed by atoms with E-state index in [1.54, 1.807) is 44.4 Å². The van der Waals surface area contributed by atoms with E-state index in [4.69, 9.17) is 0 Å². The molecule has 0 fully saturated rings. The molecule has 0 heterocycles. The van der Waals surface area contributed by atoms with Gasteiger partial charge in [0.15, 0.2) is 0 Å². The van der Waals surface area contributed by atoms with Gasteiger partial charge in [-0.15, -0.1) is 24.9 Å². The number of hydrogen-bond acceptors (Lipinski definition) is 4. The number of benzene rings is 2. The van der Waals surface area contributed by atoms with Crippen molar-refractivity contribution in [1.82, 2.24) is 10.2 Å². The summed E-state index contributed by atoms with van der Waals surface area (Å²) in [6.45, 7) is -0.138. The summed E-state index contributed by atoms with van der Waals surface area (Å²) >= 11 is 1.22. The molecule has 0 aromatic heterocycles. The van der Waals surface area contributed by atoms with E-state index in [2.05, 4.69) is 10.1 Å². The average molecular weight is 412 g/mol. The highest BCUT2D eigenvalue weighted by Gasteiger charge is 2.32. The van der Waals surface area contributed by atoms with Crippen LogP contribution < -0.4 is 10.1 Å². The number of amides is 2. The van der Waals surface area contributed by atoms with Crippen molar-refractivity contribution < 1.29 is 27.5 Å². The summed E-state index contributed by atoms with van der Waals surface area (Å²) in [6.07, 6.45) is -4.82. The second-order valence-electron chi connectivity index (χ2n) is 5.91. The van der Waals surface area contributed by atoms with E-state index in [0.29, 0.717) is 10.5 Å². The Labute approximate surface area is 164 Å². The molecule has 0 saturated heterocycles. The van der Waals surface area contributed by atoms with Gasteiger partial charge in [0, 0.05) is 31.1 Å². The van der Waals surface area contributed by atoms with E-state index in [0.717, 1.165) is 0 Å². The van der Waals surface area contributed by atoms with Crippen molar-refractivity contribution in [2.45, 2.75) is 17.8 Å². The normalized spacial score (nSPS) is 11.0. The van der Waals surface area contributed by atoms with Gasteiger partial charge >= 0.3 is 6.36 Å². The SMILES string of the molecule is CN(C)C(=O)CSc1ccccc1C(=O)NCc1ccccc1OC(F)(F)F. The summed E-state index contributed by atoms with van der Waals surface area (Å²) < 4.78 is 41.5. The monoisotopic (exact) mass is 412 g/mol. The zero-order valence-electron chi connectivity index (χ0n) is 15.2. The van der Waals surface area contributed by atoms with Crippen LogP contribution in [0.2, 0.25) is 0 Å². The lowest BCUT2D eigenvalue weighted by atomic mass is 10.1. The molecule has 0 bridgehead atoms. The number of carbonyl (C=O) groups is 2.